The molecular weight excluding hydrogens is 228 g/mol. The quantitative estimate of drug-likeness (QED) is 0.393. The Hall–Kier alpha value is 1.03. The molecule has 0 bridgehead atoms. The molecule has 0 aliphatic carbocycles. The standard InChI is InChI=1S/C7H17Cl2NPSi/c1-4-7-11(5-2,6-3)10-12(8)9/h4-7H2,1-3H3. The molecule has 0 amide bonds. The van der Waals surface area contributed by atoms with Gasteiger partial charge >= 0.3 is 7.58 Å². The maximum atomic E-state index is 5.78. The van der Waals surface area contributed by atoms with Crippen LogP contribution in [0.15, 0.2) is 4.41 Å². The summed E-state index contributed by atoms with van der Waals surface area (Å²) in [7, 11) is -2.53. The van der Waals surface area contributed by atoms with Gasteiger partial charge in [0, 0.05) is 0 Å². The minimum atomic E-state index is -1.42. The van der Waals surface area contributed by atoms with Gasteiger partial charge in [0.05, 0.1) is 0 Å². The molecule has 5 heteroatoms. The molecule has 1 radical (unpaired) electrons. The van der Waals surface area contributed by atoms with Gasteiger partial charge in [-0.2, -0.15) is 0 Å². The van der Waals surface area contributed by atoms with Crippen molar-refractivity contribution in [3.8, 4) is 0 Å². The van der Waals surface area contributed by atoms with Crippen molar-refractivity contribution in [2.45, 2.75) is 27.2 Å². The number of halogens is 2. The van der Waals surface area contributed by atoms with E-state index in [1.165, 1.54) is 12.6 Å². The summed E-state index contributed by atoms with van der Waals surface area (Å²) in [4.78, 5) is 0. The van der Waals surface area contributed by atoms with Gasteiger partial charge in [-0.1, -0.05) is 27.2 Å². The average molecular weight is 245 g/mol. The van der Waals surface area contributed by atoms with Crippen molar-refractivity contribution in [1.82, 2.24) is 0 Å². The molecule has 0 aromatic heterocycles. The van der Waals surface area contributed by atoms with Crippen molar-refractivity contribution in [2.75, 3.05) is 18.5 Å². The van der Waals surface area contributed by atoms with Crippen LogP contribution in [0.5, 0.6) is 0 Å². The Morgan fingerprint density at radius 2 is 1.67 bits per heavy atom. The van der Waals surface area contributed by atoms with Crippen molar-refractivity contribution in [2.24, 2.45) is 4.41 Å². The lowest BCUT2D eigenvalue weighted by Crippen LogP contribution is -1.99. The van der Waals surface area contributed by atoms with Crippen LogP contribution in [0.1, 0.15) is 27.2 Å². The lowest BCUT2D eigenvalue weighted by atomic mass is 10.6. The van der Waals surface area contributed by atoms with Crippen LogP contribution in [0.4, 0.5) is 0 Å². The molecule has 0 saturated heterocycles. The van der Waals surface area contributed by atoms with E-state index >= 15 is 0 Å². The zero-order valence-electron chi connectivity index (χ0n) is 7.98. The molecule has 1 nitrogen and oxygen atoms in total. The van der Waals surface area contributed by atoms with Crippen LogP contribution in [-0.4, -0.2) is 26.1 Å². The SMILES string of the molecule is CCCP(CC)(CC)=N[Si](Cl)Cl. The van der Waals surface area contributed by atoms with Gasteiger partial charge in [-0.15, -0.1) is 22.2 Å². The molecule has 0 saturated carbocycles. The predicted octanol–water partition coefficient (Wildman–Crippen LogP) is 4.10. The Morgan fingerprint density at radius 1 is 1.17 bits per heavy atom. The summed E-state index contributed by atoms with van der Waals surface area (Å²) in [5.41, 5.74) is 0. The first-order valence-electron chi connectivity index (χ1n) is 4.37. The number of hydrogen-bond acceptors (Lipinski definition) is 1. The summed E-state index contributed by atoms with van der Waals surface area (Å²) >= 11 is 11.6. The van der Waals surface area contributed by atoms with Gasteiger partial charge in [-0.25, -0.2) is 0 Å². The van der Waals surface area contributed by atoms with Gasteiger partial charge in [-0.05, 0) is 25.5 Å². The maximum Gasteiger partial charge on any atom is 0.412 e. The molecule has 0 rings (SSSR count). The van der Waals surface area contributed by atoms with Crippen molar-refractivity contribution in [1.29, 1.82) is 0 Å². The van der Waals surface area contributed by atoms with E-state index in [0.717, 1.165) is 12.3 Å². The molecule has 0 aromatic rings. The molecule has 0 aromatic carbocycles. The van der Waals surface area contributed by atoms with Gasteiger partial charge in [-0.3, -0.25) is 0 Å². The summed E-state index contributed by atoms with van der Waals surface area (Å²) in [5.74, 6) is 0. The minimum Gasteiger partial charge on any atom is -0.305 e. The van der Waals surface area contributed by atoms with Crippen molar-refractivity contribution in [3.05, 3.63) is 0 Å². The molecule has 0 atom stereocenters. The van der Waals surface area contributed by atoms with Crippen LogP contribution >= 0.6 is 29.2 Å². The fraction of sp³-hybridized carbons (Fsp3) is 1.00. The molecule has 0 spiro atoms. The van der Waals surface area contributed by atoms with E-state index in [1.54, 1.807) is 0 Å². The Labute approximate surface area is 87.0 Å². The zero-order valence-corrected chi connectivity index (χ0v) is 11.4. The molecule has 0 aliphatic heterocycles. The summed E-state index contributed by atoms with van der Waals surface area (Å²) < 4.78 is 4.58. The van der Waals surface area contributed by atoms with Crippen molar-refractivity contribution in [3.63, 3.8) is 0 Å². The highest BCUT2D eigenvalue weighted by molar-refractivity contribution is 7.68. The molecule has 0 heterocycles. The summed E-state index contributed by atoms with van der Waals surface area (Å²) in [6.45, 7) is 6.61. The summed E-state index contributed by atoms with van der Waals surface area (Å²) in [5, 5.41) is 0. The average Bonchev–Trinajstić information content (AvgIpc) is 2.03. The summed E-state index contributed by atoms with van der Waals surface area (Å²) in [6, 6.07) is 0. The smallest absolute Gasteiger partial charge is 0.305 e. The highest BCUT2D eigenvalue weighted by atomic mass is 35.7. The largest absolute Gasteiger partial charge is 0.412 e. The van der Waals surface area contributed by atoms with E-state index in [9.17, 15) is 0 Å². The van der Waals surface area contributed by atoms with Crippen LogP contribution in [-0.2, 0) is 0 Å². The third-order valence-electron chi connectivity index (χ3n) is 2.10. The van der Waals surface area contributed by atoms with E-state index in [0.29, 0.717) is 0 Å². The molecule has 12 heavy (non-hydrogen) atoms. The van der Waals surface area contributed by atoms with Crippen LogP contribution in [0.25, 0.3) is 0 Å². The van der Waals surface area contributed by atoms with Gasteiger partial charge in [0.15, 0.2) is 0 Å². The third kappa shape index (κ3) is 4.32. The fourth-order valence-electron chi connectivity index (χ4n) is 1.31. The topological polar surface area (TPSA) is 12.4 Å². The predicted molar refractivity (Wildman–Crippen MR) is 63.0 cm³/mol. The number of rotatable bonds is 5. The van der Waals surface area contributed by atoms with E-state index in [4.69, 9.17) is 22.2 Å². The molecule has 0 fully saturated rings. The maximum absolute atomic E-state index is 5.78. The fourth-order valence-corrected chi connectivity index (χ4v) is 8.92. The van der Waals surface area contributed by atoms with E-state index < -0.39 is 14.6 Å². The highest BCUT2D eigenvalue weighted by Crippen LogP contribution is 2.50. The minimum absolute atomic E-state index is 1.11. The second-order valence-corrected chi connectivity index (χ2v) is 10.7. The second-order valence-electron chi connectivity index (χ2n) is 2.79. The number of nitrogens with zero attached hydrogens (tertiary/aromatic N) is 1. The zero-order chi connectivity index (χ0) is 9.61. The highest BCUT2D eigenvalue weighted by Gasteiger charge is 2.15. The molecule has 0 N–H and O–H groups in total. The van der Waals surface area contributed by atoms with Crippen molar-refractivity contribution < 1.29 is 0 Å². The third-order valence-corrected chi connectivity index (χ3v) is 9.40. The normalized spacial score (nSPS) is 12.2. The van der Waals surface area contributed by atoms with Crippen LogP contribution in [0.2, 0.25) is 0 Å². The molecular formula is C7H17Cl2NPSi. The Morgan fingerprint density at radius 3 is 1.92 bits per heavy atom. The Kier molecular flexibility index (Phi) is 7.03. The summed E-state index contributed by atoms with van der Waals surface area (Å²) in [6.07, 6.45) is 4.73. The molecule has 0 unspecified atom stereocenters. The van der Waals surface area contributed by atoms with Gasteiger partial charge in [0.25, 0.3) is 0 Å². The lowest BCUT2D eigenvalue weighted by molar-refractivity contribution is 1.08. The second kappa shape index (κ2) is 6.48. The first kappa shape index (κ1) is 13.0. The van der Waals surface area contributed by atoms with E-state index in [1.807, 2.05) is 0 Å². The Balaban J connectivity index is 4.56. The first-order valence-corrected chi connectivity index (χ1v) is 10.1. The van der Waals surface area contributed by atoms with E-state index in [-0.39, 0.29) is 0 Å². The molecule has 0 aliphatic rings. The lowest BCUT2D eigenvalue weighted by Gasteiger charge is -2.21. The molecule has 73 valence electrons. The van der Waals surface area contributed by atoms with Crippen LogP contribution < -0.4 is 0 Å². The number of hydrogen-bond donors (Lipinski definition) is 0. The Bertz CT molecular complexity index is 165. The van der Waals surface area contributed by atoms with Crippen LogP contribution in [0, 0.1) is 0 Å². The van der Waals surface area contributed by atoms with E-state index in [2.05, 4.69) is 25.2 Å². The first-order chi connectivity index (χ1) is 5.60. The van der Waals surface area contributed by atoms with Gasteiger partial charge in [0.2, 0.25) is 0 Å². The van der Waals surface area contributed by atoms with Crippen LogP contribution in [0.3, 0.4) is 0 Å². The monoisotopic (exact) mass is 244 g/mol. The van der Waals surface area contributed by atoms with Crippen molar-refractivity contribution >= 4 is 36.8 Å². The van der Waals surface area contributed by atoms with Gasteiger partial charge in [0.1, 0.15) is 0 Å². The van der Waals surface area contributed by atoms with Gasteiger partial charge < -0.3 is 4.41 Å².